The third kappa shape index (κ3) is 6.61. The summed E-state index contributed by atoms with van der Waals surface area (Å²) in [6, 6.07) is 9.99. The fourth-order valence-electron chi connectivity index (χ4n) is 3.50. The average Bonchev–Trinajstić information content (AvgIpc) is 2.75. The number of nitrogens with two attached hydrogens (primary N) is 2. The van der Waals surface area contributed by atoms with Crippen molar-refractivity contribution in [1.82, 2.24) is 5.32 Å². The largest absolute Gasteiger partial charge is 0.492 e. The summed E-state index contributed by atoms with van der Waals surface area (Å²) in [5.41, 5.74) is 11.7. The zero-order chi connectivity index (χ0) is 25.8. The van der Waals surface area contributed by atoms with Crippen molar-refractivity contribution in [3.63, 3.8) is 0 Å². The van der Waals surface area contributed by atoms with Gasteiger partial charge in [0.2, 0.25) is 11.9 Å². The lowest BCUT2D eigenvalue weighted by molar-refractivity contribution is 0.0952. The summed E-state index contributed by atoms with van der Waals surface area (Å²) in [6.45, 7) is 4.37. The smallest absolute Gasteiger partial charge is 0.332 e. The van der Waals surface area contributed by atoms with Crippen LogP contribution in [0.5, 0.6) is 5.75 Å². The molecule has 0 unspecified atom stereocenters. The Kier molecular flexibility index (Phi) is 7.86. The number of hydrogen-bond acceptors (Lipinski definition) is 9. The Hall–Kier alpha value is -3.38. The van der Waals surface area contributed by atoms with Crippen molar-refractivity contribution in [1.29, 1.82) is 0 Å². The van der Waals surface area contributed by atoms with Crippen molar-refractivity contribution in [2.75, 3.05) is 18.1 Å². The molecule has 3 rings (SSSR count). The standard InChI is InChI=1S/C22H26ClFN6O4S/c1-22(2)29-20(25)28-21(26)30(22)15-8-9-18(17(23)13-15)34-11-4-3-10-27-19(31)14-6-5-7-16(12-14)35(24,32)33/h5-9,12-13H,3-4,10-11H2,1-2H3,(H,27,31)(H4,25,26,28,29). The average molecular weight is 525 g/mol. The maximum Gasteiger partial charge on any atom is 0.332 e. The van der Waals surface area contributed by atoms with Crippen LogP contribution in [0.2, 0.25) is 5.02 Å². The quantitative estimate of drug-likeness (QED) is 0.337. The third-order valence-corrected chi connectivity index (χ3v) is 6.17. The van der Waals surface area contributed by atoms with E-state index in [0.29, 0.717) is 42.5 Å². The SMILES string of the molecule is CC1(C)N=C(N)N=C(N)N1c1ccc(OCCCCNC(=O)c2cccc(S(=O)(=O)F)c2)c(Cl)c1. The first-order valence-corrected chi connectivity index (χ1v) is 12.4. The number of nitrogens with zero attached hydrogens (tertiary/aromatic N) is 3. The van der Waals surface area contributed by atoms with Gasteiger partial charge in [0.1, 0.15) is 11.4 Å². The van der Waals surface area contributed by atoms with Crippen molar-refractivity contribution in [2.45, 2.75) is 37.2 Å². The predicted octanol–water partition coefficient (Wildman–Crippen LogP) is 2.77. The van der Waals surface area contributed by atoms with Crippen LogP contribution in [-0.2, 0) is 10.2 Å². The fourth-order valence-corrected chi connectivity index (χ4v) is 4.24. The second-order valence-electron chi connectivity index (χ2n) is 8.16. The lowest BCUT2D eigenvalue weighted by atomic mass is 10.1. The highest BCUT2D eigenvalue weighted by molar-refractivity contribution is 7.86. The molecule has 2 aromatic carbocycles. The number of benzene rings is 2. The molecule has 0 atom stereocenters. The first kappa shape index (κ1) is 26.2. The molecule has 0 spiro atoms. The molecule has 0 fully saturated rings. The fraction of sp³-hybridized carbons (Fsp3) is 0.318. The van der Waals surface area contributed by atoms with E-state index < -0.39 is 26.7 Å². The Morgan fingerprint density at radius 1 is 1.20 bits per heavy atom. The molecular weight excluding hydrogens is 499 g/mol. The van der Waals surface area contributed by atoms with Crippen LogP contribution in [-0.4, -0.2) is 45.1 Å². The highest BCUT2D eigenvalue weighted by atomic mass is 35.5. The van der Waals surface area contributed by atoms with Gasteiger partial charge in [-0.05, 0) is 63.1 Å². The molecule has 13 heteroatoms. The number of amides is 1. The van der Waals surface area contributed by atoms with Crippen LogP contribution < -0.4 is 26.4 Å². The van der Waals surface area contributed by atoms with Gasteiger partial charge in [0.15, 0.2) is 0 Å². The minimum atomic E-state index is -4.87. The number of guanidine groups is 2. The van der Waals surface area contributed by atoms with Gasteiger partial charge >= 0.3 is 10.2 Å². The summed E-state index contributed by atoms with van der Waals surface area (Å²) in [5, 5.41) is 3.04. The van der Waals surface area contributed by atoms with E-state index in [1.165, 1.54) is 12.1 Å². The van der Waals surface area contributed by atoms with E-state index in [0.717, 1.165) is 12.1 Å². The first-order valence-electron chi connectivity index (χ1n) is 10.6. The van der Waals surface area contributed by atoms with Gasteiger partial charge in [-0.15, -0.1) is 3.89 Å². The van der Waals surface area contributed by atoms with Crippen molar-refractivity contribution < 1.29 is 21.8 Å². The topological polar surface area (TPSA) is 152 Å². The number of hydrogen-bond donors (Lipinski definition) is 3. The van der Waals surface area contributed by atoms with Crippen molar-refractivity contribution in [3.05, 3.63) is 53.1 Å². The van der Waals surface area contributed by atoms with Crippen molar-refractivity contribution >= 4 is 45.3 Å². The molecular formula is C22H26ClFN6O4S. The molecule has 1 aliphatic heterocycles. The van der Waals surface area contributed by atoms with E-state index >= 15 is 0 Å². The Morgan fingerprint density at radius 2 is 1.94 bits per heavy atom. The third-order valence-electron chi connectivity index (χ3n) is 5.06. The van der Waals surface area contributed by atoms with E-state index in [1.54, 1.807) is 23.1 Å². The summed E-state index contributed by atoms with van der Waals surface area (Å²) in [5.74, 6) is 0.293. The van der Waals surface area contributed by atoms with Gasteiger partial charge in [-0.1, -0.05) is 17.7 Å². The second-order valence-corrected chi connectivity index (χ2v) is 9.92. The molecule has 0 aromatic heterocycles. The maximum atomic E-state index is 13.1. The van der Waals surface area contributed by atoms with Crippen LogP contribution in [0.15, 0.2) is 57.3 Å². The molecule has 0 radical (unpaired) electrons. The van der Waals surface area contributed by atoms with Crippen LogP contribution in [0.4, 0.5) is 9.57 Å². The Bertz CT molecular complexity index is 1280. The van der Waals surface area contributed by atoms with Crippen molar-refractivity contribution in [2.24, 2.45) is 21.5 Å². The molecule has 0 saturated carbocycles. The summed E-state index contributed by atoms with van der Waals surface area (Å²) in [4.78, 5) is 21.6. The lowest BCUT2D eigenvalue weighted by Crippen LogP contribution is -2.54. The van der Waals surface area contributed by atoms with Crippen LogP contribution >= 0.6 is 11.6 Å². The van der Waals surface area contributed by atoms with Crippen molar-refractivity contribution in [3.8, 4) is 5.75 Å². The van der Waals surface area contributed by atoms with Crippen LogP contribution in [0.3, 0.4) is 0 Å². The number of aliphatic imine (C=N–C) groups is 2. The number of nitrogens with one attached hydrogen (secondary N) is 1. The Morgan fingerprint density at radius 3 is 2.60 bits per heavy atom. The van der Waals surface area contributed by atoms with Gasteiger partial charge in [0.25, 0.3) is 5.91 Å². The minimum absolute atomic E-state index is 0.0581. The van der Waals surface area contributed by atoms with E-state index in [2.05, 4.69) is 15.3 Å². The van der Waals surface area contributed by atoms with Crippen LogP contribution in [0.25, 0.3) is 0 Å². The number of ether oxygens (including phenoxy) is 1. The van der Waals surface area contributed by atoms with E-state index in [1.807, 2.05) is 13.8 Å². The highest BCUT2D eigenvalue weighted by Crippen LogP contribution is 2.33. The number of halogens is 2. The zero-order valence-corrected chi connectivity index (χ0v) is 20.7. The molecule has 1 aliphatic rings. The predicted molar refractivity (Wildman–Crippen MR) is 133 cm³/mol. The Labute approximate surface area is 208 Å². The first-order chi connectivity index (χ1) is 16.4. The molecule has 5 N–H and O–H groups in total. The van der Waals surface area contributed by atoms with Crippen LogP contribution in [0, 0.1) is 0 Å². The lowest BCUT2D eigenvalue weighted by Gasteiger charge is -2.38. The van der Waals surface area contributed by atoms with Gasteiger partial charge < -0.3 is 21.5 Å². The number of anilines is 1. The number of carbonyl (C=O) groups is 1. The minimum Gasteiger partial charge on any atom is -0.492 e. The summed E-state index contributed by atoms with van der Waals surface area (Å²) in [7, 11) is -4.87. The second kappa shape index (κ2) is 10.5. The van der Waals surface area contributed by atoms with Gasteiger partial charge in [0.05, 0.1) is 16.5 Å². The molecule has 1 heterocycles. The number of carbonyl (C=O) groups excluding carboxylic acids is 1. The molecule has 1 amide bonds. The molecule has 0 saturated heterocycles. The maximum absolute atomic E-state index is 13.1. The van der Waals surface area contributed by atoms with Gasteiger partial charge in [-0.3, -0.25) is 9.69 Å². The van der Waals surface area contributed by atoms with E-state index in [4.69, 9.17) is 27.8 Å². The molecule has 2 aromatic rings. The van der Waals surface area contributed by atoms with E-state index in [-0.39, 0.29) is 17.5 Å². The number of rotatable bonds is 9. The van der Waals surface area contributed by atoms with Gasteiger partial charge in [-0.2, -0.15) is 13.4 Å². The zero-order valence-electron chi connectivity index (χ0n) is 19.2. The molecule has 0 bridgehead atoms. The van der Waals surface area contributed by atoms with Gasteiger partial charge in [-0.25, -0.2) is 4.99 Å². The van der Waals surface area contributed by atoms with E-state index in [9.17, 15) is 17.1 Å². The monoisotopic (exact) mass is 524 g/mol. The van der Waals surface area contributed by atoms with Crippen LogP contribution in [0.1, 0.15) is 37.0 Å². The summed E-state index contributed by atoms with van der Waals surface area (Å²) < 4.78 is 40.8. The summed E-state index contributed by atoms with van der Waals surface area (Å²) in [6.07, 6.45) is 1.21. The Balaban J connectivity index is 1.48. The molecule has 10 nitrogen and oxygen atoms in total. The summed E-state index contributed by atoms with van der Waals surface area (Å²) >= 11 is 6.39. The normalized spacial score (nSPS) is 15.3. The number of unbranched alkanes of at least 4 members (excludes halogenated alkanes) is 1. The molecule has 35 heavy (non-hydrogen) atoms. The molecule has 188 valence electrons. The van der Waals surface area contributed by atoms with Gasteiger partial charge in [0, 0.05) is 17.8 Å². The highest BCUT2D eigenvalue weighted by Gasteiger charge is 2.33. The molecule has 0 aliphatic carbocycles.